The van der Waals surface area contributed by atoms with Crippen LogP contribution >= 0.6 is 0 Å². The van der Waals surface area contributed by atoms with Crippen LogP contribution in [0.5, 0.6) is 59.1 Å². The molecule has 17 heteroatoms. The molecule has 37 heavy (non-hydrogen) atoms. The van der Waals surface area contributed by atoms with E-state index in [4.69, 9.17) is 28.4 Å². The van der Waals surface area contributed by atoms with E-state index < -0.39 is 15.0 Å². The second kappa shape index (κ2) is 11.0. The minimum Gasteiger partial charge on any atom is -0.744 e. The second-order valence-electron chi connectivity index (χ2n) is 6.75. The van der Waals surface area contributed by atoms with Gasteiger partial charge in [0.25, 0.3) is 0 Å². The van der Waals surface area contributed by atoms with Crippen LogP contribution in [0.1, 0.15) is 0 Å². The van der Waals surface area contributed by atoms with Gasteiger partial charge in [-0.2, -0.15) is 0 Å². The van der Waals surface area contributed by atoms with E-state index in [0.29, 0.717) is 0 Å². The quantitative estimate of drug-likeness (QED) is 0.205. The first-order valence-electron chi connectivity index (χ1n) is 9.80. The topological polar surface area (TPSA) is 190 Å². The number of aromatic nitrogens is 6. The maximum Gasteiger partial charge on any atom is 1.00 e. The Balaban J connectivity index is 0.00000320. The molecule has 5 rings (SSSR count). The normalized spacial score (nSPS) is 12.0. The van der Waals surface area contributed by atoms with Gasteiger partial charge in [-0.25, -0.2) is 8.42 Å². The van der Waals surface area contributed by atoms with E-state index in [9.17, 15) is 13.0 Å². The second-order valence-corrected chi connectivity index (χ2v) is 8.13. The Kier molecular flexibility index (Phi) is 8.02. The molecule has 0 spiro atoms. The van der Waals surface area contributed by atoms with Crippen molar-refractivity contribution in [2.45, 2.75) is 4.90 Å². The van der Waals surface area contributed by atoms with Gasteiger partial charge in [-0.3, -0.25) is 0 Å². The van der Waals surface area contributed by atoms with Crippen LogP contribution in [-0.2, 0) is 10.1 Å². The third kappa shape index (κ3) is 6.58. The Bertz CT molecular complexity index is 1480. The fourth-order valence-electron chi connectivity index (χ4n) is 2.84. The van der Waals surface area contributed by atoms with Crippen LogP contribution in [0, 0.1) is 0 Å². The first-order valence-corrected chi connectivity index (χ1v) is 11.2. The predicted octanol–water partition coefficient (Wildman–Crippen LogP) is -0.536. The van der Waals surface area contributed by atoms with Gasteiger partial charge in [0.2, 0.25) is 0 Å². The molecule has 3 heterocycles. The molecule has 0 N–H and O–H groups in total. The fourth-order valence-corrected chi connectivity index (χ4v) is 3.36. The third-order valence-electron chi connectivity index (χ3n) is 4.30. The third-order valence-corrected chi connectivity index (χ3v) is 5.11. The zero-order valence-electron chi connectivity index (χ0n) is 19.3. The monoisotopic (exact) mass is 552 g/mol. The van der Waals surface area contributed by atoms with E-state index in [2.05, 4.69) is 29.9 Å². The van der Waals surface area contributed by atoms with E-state index in [0.717, 1.165) is 12.1 Å². The molecule has 8 bridgehead atoms. The summed E-state index contributed by atoms with van der Waals surface area (Å²) < 4.78 is 67.9. The Morgan fingerprint density at radius 3 is 1.41 bits per heavy atom. The van der Waals surface area contributed by atoms with E-state index in [1.165, 1.54) is 26.4 Å². The standard InChI is InChI=1S/C20H14N6O9S.K/c1-30-15-21-17-25-19(23-15)34-12-7-13(9-14(8-12)36(27,28)29)35-20-24-16(31-2)22-18(26-20)33-11-5-3-4-10(6-11)32-17;/h3-9H,1-2H3,(H,27,28,29);/q;+1/p-1. The number of fused-ring (bicyclic) bond motifs is 8. The van der Waals surface area contributed by atoms with Crippen LogP contribution in [0.25, 0.3) is 0 Å². The number of hydrogen-bond acceptors (Lipinski definition) is 15. The van der Waals surface area contributed by atoms with Gasteiger partial charge in [0.05, 0.1) is 19.1 Å². The maximum atomic E-state index is 11.8. The summed E-state index contributed by atoms with van der Waals surface area (Å²) in [5.74, 6) is 0.177. The minimum absolute atomic E-state index is 0. The van der Waals surface area contributed by atoms with Crippen molar-refractivity contribution in [1.29, 1.82) is 0 Å². The molecule has 184 valence electrons. The zero-order valence-corrected chi connectivity index (χ0v) is 23.2. The molecular formula is C20H13KN6O9S. The SMILES string of the molecule is COc1nc2nc(n1)Oc1cc(cc(S(=O)(=O)[O-])c1)Oc1nc(OC)nc(n1)Oc1cccc(c1)O2.[K+]. The van der Waals surface area contributed by atoms with Crippen LogP contribution in [0.15, 0.2) is 47.4 Å². The summed E-state index contributed by atoms with van der Waals surface area (Å²) in [5, 5.41) is 0. The van der Waals surface area contributed by atoms with Gasteiger partial charge in [0.1, 0.15) is 33.1 Å². The Labute approximate surface area is 251 Å². The molecule has 0 aliphatic carbocycles. The average molecular weight is 553 g/mol. The Hall–Kier alpha value is -3.19. The molecule has 0 saturated heterocycles. The Morgan fingerprint density at radius 2 is 1.03 bits per heavy atom. The molecule has 2 aromatic carbocycles. The van der Waals surface area contributed by atoms with E-state index >= 15 is 0 Å². The van der Waals surface area contributed by atoms with Crippen molar-refractivity contribution >= 4 is 10.1 Å². The molecule has 15 nitrogen and oxygen atoms in total. The number of rotatable bonds is 3. The molecule has 4 aromatic rings. The largest absolute Gasteiger partial charge is 1.00 e. The molecule has 0 atom stereocenters. The van der Waals surface area contributed by atoms with Crippen LogP contribution < -0.4 is 79.8 Å². The number of ether oxygens (including phenoxy) is 6. The van der Waals surface area contributed by atoms with Crippen molar-refractivity contribution in [1.82, 2.24) is 29.9 Å². The van der Waals surface area contributed by atoms with Crippen molar-refractivity contribution in [3.05, 3.63) is 42.5 Å². The maximum absolute atomic E-state index is 11.8. The predicted molar refractivity (Wildman–Crippen MR) is 114 cm³/mol. The fraction of sp³-hybridized carbons (Fsp3) is 0.100. The van der Waals surface area contributed by atoms with E-state index in [1.54, 1.807) is 18.2 Å². The average Bonchev–Trinajstić information content (AvgIpc) is 2.82. The zero-order chi connectivity index (χ0) is 25.3. The summed E-state index contributed by atoms with van der Waals surface area (Å²) in [5.41, 5.74) is 0. The Morgan fingerprint density at radius 1 is 0.649 bits per heavy atom. The van der Waals surface area contributed by atoms with E-state index in [-0.39, 0.29) is 110 Å². The summed E-state index contributed by atoms with van der Waals surface area (Å²) in [7, 11) is -2.30. The smallest absolute Gasteiger partial charge is 0.744 e. The minimum atomic E-state index is -4.93. The van der Waals surface area contributed by atoms with Gasteiger partial charge in [-0.05, 0) is 24.3 Å². The van der Waals surface area contributed by atoms with Gasteiger partial charge < -0.3 is 33.0 Å². The number of nitrogens with zero attached hydrogens (tertiary/aromatic N) is 6. The van der Waals surface area contributed by atoms with Crippen LogP contribution in [0.2, 0.25) is 0 Å². The first kappa shape index (κ1) is 26.9. The van der Waals surface area contributed by atoms with Crippen molar-refractivity contribution < 1.29 is 92.8 Å². The summed E-state index contributed by atoms with van der Waals surface area (Å²) in [4.78, 5) is 23.3. The van der Waals surface area contributed by atoms with Crippen molar-refractivity contribution in [3.63, 3.8) is 0 Å². The summed E-state index contributed by atoms with van der Waals surface area (Å²) in [6.45, 7) is 0. The summed E-state index contributed by atoms with van der Waals surface area (Å²) in [6.07, 6.45) is 0. The van der Waals surface area contributed by atoms with Gasteiger partial charge >= 0.3 is 87.4 Å². The summed E-state index contributed by atoms with van der Waals surface area (Å²) >= 11 is 0. The molecule has 0 saturated carbocycles. The van der Waals surface area contributed by atoms with Crippen LogP contribution in [0.3, 0.4) is 0 Å². The van der Waals surface area contributed by atoms with Crippen LogP contribution in [0.4, 0.5) is 0 Å². The number of hydrogen-bond donors (Lipinski definition) is 0. The molecule has 0 radical (unpaired) electrons. The summed E-state index contributed by atoms with van der Waals surface area (Å²) in [6, 6.07) is 8.11. The molecule has 1 aliphatic rings. The number of methoxy groups -OCH3 is 2. The molecule has 0 unspecified atom stereocenters. The molecule has 0 fully saturated rings. The van der Waals surface area contributed by atoms with Crippen molar-refractivity contribution in [2.24, 2.45) is 0 Å². The van der Waals surface area contributed by atoms with Crippen molar-refractivity contribution in [2.75, 3.05) is 14.2 Å². The van der Waals surface area contributed by atoms with Gasteiger partial charge in [0, 0.05) is 12.1 Å². The van der Waals surface area contributed by atoms with Gasteiger partial charge in [-0.15, -0.1) is 29.9 Å². The van der Waals surface area contributed by atoms with Gasteiger partial charge in [-0.1, -0.05) is 6.07 Å². The number of benzene rings is 2. The van der Waals surface area contributed by atoms with E-state index in [1.807, 2.05) is 0 Å². The first-order chi connectivity index (χ1) is 17.3. The van der Waals surface area contributed by atoms with Crippen molar-refractivity contribution in [3.8, 4) is 59.1 Å². The molecular weight excluding hydrogens is 539 g/mol. The molecule has 0 amide bonds. The van der Waals surface area contributed by atoms with Crippen LogP contribution in [-0.4, -0.2) is 57.1 Å². The van der Waals surface area contributed by atoms with Gasteiger partial charge in [0.15, 0.2) is 0 Å². The molecule has 2 aromatic heterocycles. The molecule has 1 aliphatic heterocycles.